The Balaban J connectivity index is 2.07. The molecule has 0 radical (unpaired) electrons. The molecule has 0 aliphatic heterocycles. The van der Waals surface area contributed by atoms with E-state index in [1.807, 2.05) is 30.3 Å². The lowest BCUT2D eigenvalue weighted by molar-refractivity contribution is -0.114. The lowest BCUT2D eigenvalue weighted by Crippen LogP contribution is -2.24. The van der Waals surface area contributed by atoms with E-state index in [0.29, 0.717) is 12.8 Å². The summed E-state index contributed by atoms with van der Waals surface area (Å²) < 4.78 is 0. The Hall–Kier alpha value is -2.96. The number of aromatic amines is 1. The van der Waals surface area contributed by atoms with Crippen molar-refractivity contribution in [2.24, 2.45) is 0 Å². The van der Waals surface area contributed by atoms with Gasteiger partial charge in [-0.05, 0) is 31.2 Å². The van der Waals surface area contributed by atoms with Gasteiger partial charge in [-0.3, -0.25) is 19.9 Å². The normalized spacial score (nSPS) is 10.4. The SMILES string of the molecule is CC(=O)Nc1nc(C(=O)O)c(CCCCc2ccccc2)c(=O)[nH]1. The topological polar surface area (TPSA) is 112 Å². The van der Waals surface area contributed by atoms with Gasteiger partial charge in [0.2, 0.25) is 11.9 Å². The third kappa shape index (κ3) is 4.77. The van der Waals surface area contributed by atoms with Crippen molar-refractivity contribution in [1.29, 1.82) is 0 Å². The van der Waals surface area contributed by atoms with Crippen LogP contribution in [0.5, 0.6) is 0 Å². The molecule has 126 valence electrons. The zero-order valence-corrected chi connectivity index (χ0v) is 13.3. The number of anilines is 1. The van der Waals surface area contributed by atoms with E-state index in [0.717, 1.165) is 12.8 Å². The van der Waals surface area contributed by atoms with Crippen molar-refractivity contribution in [1.82, 2.24) is 9.97 Å². The van der Waals surface area contributed by atoms with Crippen molar-refractivity contribution in [3.63, 3.8) is 0 Å². The number of rotatable bonds is 7. The highest BCUT2D eigenvalue weighted by atomic mass is 16.4. The van der Waals surface area contributed by atoms with Crippen molar-refractivity contribution in [2.75, 3.05) is 5.32 Å². The van der Waals surface area contributed by atoms with E-state index in [9.17, 15) is 19.5 Å². The van der Waals surface area contributed by atoms with Crippen molar-refractivity contribution >= 4 is 17.8 Å². The Morgan fingerprint density at radius 2 is 1.83 bits per heavy atom. The highest BCUT2D eigenvalue weighted by molar-refractivity contribution is 5.89. The van der Waals surface area contributed by atoms with E-state index in [1.54, 1.807) is 0 Å². The number of amides is 1. The molecule has 1 heterocycles. The summed E-state index contributed by atoms with van der Waals surface area (Å²) in [5, 5.41) is 11.5. The van der Waals surface area contributed by atoms with Crippen molar-refractivity contribution in [2.45, 2.75) is 32.6 Å². The third-order valence-electron chi connectivity index (χ3n) is 3.50. The highest BCUT2D eigenvalue weighted by Gasteiger charge is 2.17. The second-order valence-corrected chi connectivity index (χ2v) is 5.42. The van der Waals surface area contributed by atoms with Crippen LogP contribution in [0.4, 0.5) is 5.95 Å². The number of benzene rings is 1. The molecule has 0 atom stereocenters. The van der Waals surface area contributed by atoms with Gasteiger partial charge in [-0.2, -0.15) is 0 Å². The molecule has 24 heavy (non-hydrogen) atoms. The quantitative estimate of drug-likeness (QED) is 0.673. The van der Waals surface area contributed by atoms with E-state index in [4.69, 9.17) is 0 Å². The first-order chi connectivity index (χ1) is 11.5. The summed E-state index contributed by atoms with van der Waals surface area (Å²) in [6.07, 6.45) is 2.67. The van der Waals surface area contributed by atoms with Crippen LogP contribution in [0.15, 0.2) is 35.1 Å². The molecule has 7 nitrogen and oxygen atoms in total. The molecule has 0 spiro atoms. The molecule has 1 amide bonds. The van der Waals surface area contributed by atoms with Gasteiger partial charge < -0.3 is 5.11 Å². The maximum atomic E-state index is 12.1. The summed E-state index contributed by atoms with van der Waals surface area (Å²) in [6, 6.07) is 9.93. The van der Waals surface area contributed by atoms with Crippen LogP contribution < -0.4 is 10.9 Å². The van der Waals surface area contributed by atoms with Crippen molar-refractivity contribution < 1.29 is 14.7 Å². The molecule has 0 bridgehead atoms. The maximum Gasteiger partial charge on any atom is 0.355 e. The fourth-order valence-corrected chi connectivity index (χ4v) is 2.41. The summed E-state index contributed by atoms with van der Waals surface area (Å²) in [5.41, 5.74) is 0.474. The van der Waals surface area contributed by atoms with Crippen LogP contribution in [0.2, 0.25) is 0 Å². The van der Waals surface area contributed by atoms with Crippen LogP contribution in [0.3, 0.4) is 0 Å². The maximum absolute atomic E-state index is 12.1. The van der Waals surface area contributed by atoms with Gasteiger partial charge in [0.05, 0.1) is 5.56 Å². The van der Waals surface area contributed by atoms with Gasteiger partial charge in [-0.1, -0.05) is 30.3 Å². The first kappa shape index (κ1) is 17.4. The first-order valence-corrected chi connectivity index (χ1v) is 7.65. The standard InChI is InChI=1S/C17H19N3O4/c1-11(21)18-17-19-14(16(23)24)13(15(22)20-17)10-6-5-9-12-7-3-2-4-8-12/h2-4,7-8H,5-6,9-10H2,1H3,(H,23,24)(H2,18,19,20,21,22). The number of carboxylic acids is 1. The van der Waals surface area contributed by atoms with E-state index < -0.39 is 17.4 Å². The minimum Gasteiger partial charge on any atom is -0.476 e. The Labute approximate surface area is 138 Å². The Morgan fingerprint density at radius 3 is 2.46 bits per heavy atom. The fourth-order valence-electron chi connectivity index (χ4n) is 2.41. The number of hydrogen-bond acceptors (Lipinski definition) is 4. The first-order valence-electron chi connectivity index (χ1n) is 7.65. The number of nitrogens with zero attached hydrogens (tertiary/aromatic N) is 1. The predicted octanol–water partition coefficient (Wildman–Crippen LogP) is 1.99. The average molecular weight is 329 g/mol. The Kier molecular flexibility index (Phi) is 5.83. The van der Waals surface area contributed by atoms with Crippen LogP contribution in [0.25, 0.3) is 0 Å². The number of H-pyrrole nitrogens is 1. The smallest absolute Gasteiger partial charge is 0.355 e. The van der Waals surface area contributed by atoms with Crippen LogP contribution in [0.1, 0.15) is 41.4 Å². The van der Waals surface area contributed by atoms with E-state index in [-0.39, 0.29) is 17.2 Å². The van der Waals surface area contributed by atoms with E-state index >= 15 is 0 Å². The fraction of sp³-hybridized carbons (Fsp3) is 0.294. The summed E-state index contributed by atoms with van der Waals surface area (Å²) in [5.74, 6) is -1.88. The zero-order valence-electron chi connectivity index (χ0n) is 13.3. The average Bonchev–Trinajstić information content (AvgIpc) is 2.53. The van der Waals surface area contributed by atoms with Gasteiger partial charge in [0.1, 0.15) is 0 Å². The van der Waals surface area contributed by atoms with Gasteiger partial charge >= 0.3 is 5.97 Å². The minimum absolute atomic E-state index is 0.129. The zero-order chi connectivity index (χ0) is 17.5. The van der Waals surface area contributed by atoms with Gasteiger partial charge in [-0.15, -0.1) is 0 Å². The van der Waals surface area contributed by atoms with E-state index in [1.165, 1.54) is 12.5 Å². The molecule has 2 aromatic rings. The molecule has 3 N–H and O–H groups in total. The minimum atomic E-state index is -1.29. The predicted molar refractivity (Wildman–Crippen MR) is 89.2 cm³/mol. The molecule has 1 aromatic heterocycles. The van der Waals surface area contributed by atoms with Crippen LogP contribution >= 0.6 is 0 Å². The number of carbonyl (C=O) groups excluding carboxylic acids is 1. The third-order valence-corrected chi connectivity index (χ3v) is 3.50. The summed E-state index contributed by atoms with van der Waals surface area (Å²) in [4.78, 5) is 40.7. The van der Waals surface area contributed by atoms with Gasteiger partial charge in [0.15, 0.2) is 5.69 Å². The summed E-state index contributed by atoms with van der Waals surface area (Å²) >= 11 is 0. The second kappa shape index (κ2) is 8.05. The molecule has 2 rings (SSSR count). The number of aryl methyl sites for hydroxylation is 1. The van der Waals surface area contributed by atoms with Crippen molar-refractivity contribution in [3.05, 3.63) is 57.5 Å². The molecule has 1 aromatic carbocycles. The molecule has 0 aliphatic rings. The monoisotopic (exact) mass is 329 g/mol. The van der Waals surface area contributed by atoms with Gasteiger partial charge in [0.25, 0.3) is 5.56 Å². The number of aromatic nitrogens is 2. The molecule has 0 fully saturated rings. The Bertz CT molecular complexity index is 784. The summed E-state index contributed by atoms with van der Waals surface area (Å²) in [6.45, 7) is 1.25. The lowest BCUT2D eigenvalue weighted by Gasteiger charge is -2.07. The molecule has 0 saturated heterocycles. The number of hydrogen-bond donors (Lipinski definition) is 3. The molecule has 0 saturated carbocycles. The number of carbonyl (C=O) groups is 2. The molecule has 7 heteroatoms. The second-order valence-electron chi connectivity index (χ2n) is 5.42. The molecular formula is C17H19N3O4. The van der Waals surface area contributed by atoms with Crippen molar-refractivity contribution in [3.8, 4) is 0 Å². The van der Waals surface area contributed by atoms with Gasteiger partial charge in [0, 0.05) is 6.92 Å². The Morgan fingerprint density at radius 1 is 1.17 bits per heavy atom. The molecule has 0 aliphatic carbocycles. The number of nitrogens with one attached hydrogen (secondary N) is 2. The highest BCUT2D eigenvalue weighted by Crippen LogP contribution is 2.10. The van der Waals surface area contributed by atoms with Crippen LogP contribution in [-0.4, -0.2) is 27.0 Å². The van der Waals surface area contributed by atoms with Crippen LogP contribution in [-0.2, 0) is 17.6 Å². The van der Waals surface area contributed by atoms with Gasteiger partial charge in [-0.25, -0.2) is 9.78 Å². The number of aromatic carboxylic acids is 1. The number of unbranched alkanes of at least 4 members (excludes halogenated alkanes) is 1. The van der Waals surface area contributed by atoms with E-state index in [2.05, 4.69) is 15.3 Å². The largest absolute Gasteiger partial charge is 0.476 e. The summed E-state index contributed by atoms with van der Waals surface area (Å²) in [7, 11) is 0. The molecule has 0 unspecified atom stereocenters. The lowest BCUT2D eigenvalue weighted by atomic mass is 10.0. The molecular weight excluding hydrogens is 310 g/mol. The van der Waals surface area contributed by atoms with Crippen LogP contribution in [0, 0.1) is 0 Å². The number of carboxylic acid groups (broad SMARTS) is 1.